The van der Waals surface area contributed by atoms with Crippen LogP contribution < -0.4 is 0 Å². The molecule has 0 bridgehead atoms. The Morgan fingerprint density at radius 1 is 0.700 bits per heavy atom. The standard InChI is InChI=1S/2C13H15.2CH3.H2Si.Zr/c2*1-9(2)12-6-4-5-11-7-10(3)8-13(11)12;;;;/h2*4-9H,1-3H3;2*1H3;1H2;. The summed E-state index contributed by atoms with van der Waals surface area (Å²) in [4.78, 5) is 0. The van der Waals surface area contributed by atoms with Crippen molar-refractivity contribution in [3.63, 3.8) is 0 Å². The van der Waals surface area contributed by atoms with Crippen molar-refractivity contribution in [1.29, 1.82) is 0 Å². The minimum absolute atomic E-state index is 0.568. The molecule has 2 heteroatoms. The van der Waals surface area contributed by atoms with Crippen molar-refractivity contribution in [2.45, 2.75) is 69.9 Å². The molecule has 0 fully saturated rings. The first-order valence-electron chi connectivity index (χ1n) is 11.6. The van der Waals surface area contributed by atoms with Gasteiger partial charge in [-0.25, -0.2) is 0 Å². The molecule has 0 amide bonds. The van der Waals surface area contributed by atoms with E-state index in [0.29, 0.717) is 19.1 Å². The first kappa shape index (κ1) is 22.2. The molecule has 158 valence electrons. The molecule has 0 spiro atoms. The first-order chi connectivity index (χ1) is 13.9. The van der Waals surface area contributed by atoms with Crippen molar-refractivity contribution in [2.24, 2.45) is 0 Å². The van der Waals surface area contributed by atoms with E-state index in [1.807, 2.05) is 0 Å². The van der Waals surface area contributed by atoms with Gasteiger partial charge in [-0.05, 0) is 0 Å². The first-order valence-corrected chi connectivity index (χ1v) is 25.3. The third-order valence-electron chi connectivity index (χ3n) is 7.76. The molecule has 0 N–H and O–H groups in total. The summed E-state index contributed by atoms with van der Waals surface area (Å²) in [6.07, 6.45) is 5.06. The molecule has 0 aliphatic heterocycles. The van der Waals surface area contributed by atoms with E-state index in [-0.39, 0.29) is 0 Å². The van der Waals surface area contributed by atoms with E-state index in [2.05, 4.69) is 106 Å². The van der Waals surface area contributed by atoms with E-state index in [4.69, 9.17) is 0 Å². The van der Waals surface area contributed by atoms with Crippen LogP contribution >= 0.6 is 0 Å². The van der Waals surface area contributed by atoms with Gasteiger partial charge in [0.05, 0.1) is 0 Å². The minimum atomic E-state index is -3.32. The van der Waals surface area contributed by atoms with Crippen molar-refractivity contribution in [2.75, 3.05) is 0 Å². The van der Waals surface area contributed by atoms with Gasteiger partial charge in [0.1, 0.15) is 0 Å². The Morgan fingerprint density at radius 2 is 1.07 bits per heavy atom. The summed E-state index contributed by atoms with van der Waals surface area (Å²) in [5.41, 5.74) is 12.5. The second kappa shape index (κ2) is 7.28. The van der Waals surface area contributed by atoms with Gasteiger partial charge in [-0.2, -0.15) is 0 Å². The van der Waals surface area contributed by atoms with Crippen LogP contribution in [0.15, 0.2) is 47.5 Å². The summed E-state index contributed by atoms with van der Waals surface area (Å²) >= 11 is -3.32. The van der Waals surface area contributed by atoms with Crippen LogP contribution in [0.25, 0.3) is 12.2 Å². The topological polar surface area (TPSA) is 0 Å². The summed E-state index contributed by atoms with van der Waals surface area (Å²) in [6.45, 7) is 16.6. The van der Waals surface area contributed by atoms with Crippen LogP contribution in [0.4, 0.5) is 0 Å². The molecule has 0 saturated heterocycles. The van der Waals surface area contributed by atoms with E-state index in [1.165, 1.54) is 22.3 Å². The van der Waals surface area contributed by atoms with Crippen molar-refractivity contribution in [1.82, 2.24) is 0 Å². The molecule has 2 atom stereocenters. The van der Waals surface area contributed by atoms with Gasteiger partial charge in [0.25, 0.3) is 0 Å². The average molecular weight is 494 g/mol. The molecule has 0 saturated carbocycles. The van der Waals surface area contributed by atoms with Crippen LogP contribution in [0.3, 0.4) is 0 Å². The summed E-state index contributed by atoms with van der Waals surface area (Å²) < 4.78 is 6.72. The Bertz CT molecular complexity index is 1070. The summed E-state index contributed by atoms with van der Waals surface area (Å²) in [5, 5.41) is 0. The van der Waals surface area contributed by atoms with Crippen molar-refractivity contribution in [3.8, 4) is 0 Å². The molecule has 2 unspecified atom stereocenters. The van der Waals surface area contributed by atoms with E-state index in [9.17, 15) is 0 Å². The molecular weight excluding hydrogens is 456 g/mol. The monoisotopic (exact) mass is 492 g/mol. The van der Waals surface area contributed by atoms with E-state index >= 15 is 0 Å². The van der Waals surface area contributed by atoms with Gasteiger partial charge in [0.2, 0.25) is 0 Å². The van der Waals surface area contributed by atoms with Crippen molar-refractivity contribution >= 4 is 19.0 Å². The Balaban J connectivity index is 1.92. The number of hydrogen-bond donors (Lipinski definition) is 0. The third-order valence-corrected chi connectivity index (χ3v) is 25.7. The summed E-state index contributed by atoms with van der Waals surface area (Å²) in [5.74, 6) is 1.14. The molecule has 0 aromatic heterocycles. The quantitative estimate of drug-likeness (QED) is 0.380. The van der Waals surface area contributed by atoms with Gasteiger partial charge >= 0.3 is 187 Å². The Hall–Kier alpha value is -0.980. The summed E-state index contributed by atoms with van der Waals surface area (Å²) in [6, 6.07) is 14.2. The molecule has 0 nitrogen and oxygen atoms in total. The number of benzene rings is 2. The third kappa shape index (κ3) is 3.25. The number of hydrogen-bond acceptors (Lipinski definition) is 0. The van der Waals surface area contributed by atoms with Crippen LogP contribution in [0, 0.1) is 0 Å². The van der Waals surface area contributed by atoms with Crippen molar-refractivity contribution < 1.29 is 17.4 Å². The fraction of sp³-hybridized carbons (Fsp3) is 0.429. The number of allylic oxidation sites excluding steroid dienone is 2. The molecule has 2 aromatic carbocycles. The molecule has 30 heavy (non-hydrogen) atoms. The zero-order valence-corrected chi connectivity index (χ0v) is 24.0. The fourth-order valence-corrected chi connectivity index (χ4v) is 28.1. The van der Waals surface area contributed by atoms with Crippen LogP contribution in [0.2, 0.25) is 9.26 Å². The van der Waals surface area contributed by atoms with Gasteiger partial charge in [0.15, 0.2) is 0 Å². The molecule has 2 aliphatic carbocycles. The zero-order valence-electron chi connectivity index (χ0n) is 20.1. The van der Waals surface area contributed by atoms with Crippen LogP contribution in [-0.2, 0) is 17.4 Å². The van der Waals surface area contributed by atoms with E-state index in [1.54, 1.807) is 22.3 Å². The number of rotatable bonds is 4. The maximum absolute atomic E-state index is 3.32. The maximum atomic E-state index is 2.73. The van der Waals surface area contributed by atoms with Gasteiger partial charge in [0, 0.05) is 0 Å². The predicted molar refractivity (Wildman–Crippen MR) is 134 cm³/mol. The second-order valence-electron chi connectivity index (χ2n) is 11.6. The Morgan fingerprint density at radius 3 is 1.40 bits per heavy atom. The summed E-state index contributed by atoms with van der Waals surface area (Å²) in [7, 11) is 0. The Kier molecular flexibility index (Phi) is 5.39. The van der Waals surface area contributed by atoms with Crippen LogP contribution in [0.5, 0.6) is 0 Å². The molecule has 0 heterocycles. The molecular formula is C28H38SiZr. The molecule has 0 radical (unpaired) electrons. The van der Waals surface area contributed by atoms with Gasteiger partial charge in [-0.1, -0.05) is 0 Å². The average Bonchev–Trinajstić information content (AvgIpc) is 3.16. The normalized spacial score (nSPS) is 21.0. The zero-order chi connectivity index (χ0) is 22.0. The second-order valence-corrected chi connectivity index (χ2v) is 42.1. The van der Waals surface area contributed by atoms with Crippen molar-refractivity contribution in [3.05, 3.63) is 80.9 Å². The molecule has 2 aromatic rings. The van der Waals surface area contributed by atoms with E-state index < -0.39 is 17.4 Å². The van der Waals surface area contributed by atoms with Gasteiger partial charge in [-0.3, -0.25) is 0 Å². The van der Waals surface area contributed by atoms with Gasteiger partial charge < -0.3 is 0 Å². The van der Waals surface area contributed by atoms with Gasteiger partial charge in [-0.15, -0.1) is 0 Å². The van der Waals surface area contributed by atoms with Crippen LogP contribution in [-0.4, -0.2) is 6.88 Å². The van der Waals surface area contributed by atoms with Crippen LogP contribution in [0.1, 0.15) is 94.0 Å². The fourth-order valence-electron chi connectivity index (χ4n) is 6.84. The predicted octanol–water partition coefficient (Wildman–Crippen LogP) is 7.88. The molecule has 2 aliphatic rings. The molecule has 4 rings (SSSR count). The Labute approximate surface area is 186 Å². The number of fused-ring (bicyclic) bond motifs is 2. The SMILES string of the molecule is CC1=Cc2c(C(C)C)cccc2[CH]1[Zr]([CH3])([CH3])(=[SiH2])[CH]1C(C)=Cc2c(C(C)C)cccc21. The van der Waals surface area contributed by atoms with E-state index in [0.717, 1.165) is 0 Å².